The molecule has 6 heteroatoms. The number of rotatable bonds is 6. The average molecular weight is 459 g/mol. The normalized spacial score (nSPS) is 17.5. The zero-order valence-corrected chi connectivity index (χ0v) is 20.0. The number of carbonyl (C=O) groups excluding carboxylic acids is 1. The van der Waals surface area contributed by atoms with Gasteiger partial charge in [-0.15, -0.1) is 0 Å². The van der Waals surface area contributed by atoms with Crippen LogP contribution in [0.3, 0.4) is 0 Å². The number of piperidine rings is 1. The summed E-state index contributed by atoms with van der Waals surface area (Å²) in [7, 11) is 1.75. The van der Waals surface area contributed by atoms with Crippen LogP contribution in [-0.4, -0.2) is 38.2 Å². The highest BCUT2D eigenvalue weighted by Crippen LogP contribution is 2.34. The fourth-order valence-corrected chi connectivity index (χ4v) is 5.77. The summed E-state index contributed by atoms with van der Waals surface area (Å²) >= 11 is 0. The maximum Gasteiger partial charge on any atom is 0.345 e. The minimum atomic E-state index is 0.00831. The summed E-state index contributed by atoms with van der Waals surface area (Å²) in [5.74, 6) is 1.41. The van der Waals surface area contributed by atoms with E-state index < -0.39 is 0 Å². The molecular formula is C28H34N4O2. The van der Waals surface area contributed by atoms with E-state index in [0.29, 0.717) is 6.42 Å². The number of aromatic nitrogens is 3. The maximum absolute atomic E-state index is 13.4. The Balaban J connectivity index is 1.28. The number of hydrogen-bond donors (Lipinski definition) is 0. The number of likely N-dealkylation sites (tertiary alicyclic amines) is 1. The van der Waals surface area contributed by atoms with Crippen LogP contribution >= 0.6 is 0 Å². The van der Waals surface area contributed by atoms with Crippen molar-refractivity contribution in [3.63, 3.8) is 0 Å². The van der Waals surface area contributed by atoms with E-state index in [0.717, 1.165) is 44.6 Å². The Morgan fingerprint density at radius 2 is 1.47 bits per heavy atom. The fraction of sp³-hybridized carbons (Fsp3) is 0.464. The second kappa shape index (κ2) is 10.00. The van der Waals surface area contributed by atoms with Crippen LogP contribution in [0.15, 0.2) is 65.5 Å². The van der Waals surface area contributed by atoms with Crippen molar-refractivity contribution in [3.05, 3.63) is 88.1 Å². The third-order valence-electron chi connectivity index (χ3n) is 7.67. The summed E-state index contributed by atoms with van der Waals surface area (Å²) in [6, 6.07) is 20.9. The number of amides is 1. The Kier molecular flexibility index (Phi) is 6.66. The summed E-state index contributed by atoms with van der Waals surface area (Å²) < 4.78 is 3.46. The molecule has 1 saturated carbocycles. The second-order valence-electron chi connectivity index (χ2n) is 9.81. The molecule has 5 rings (SSSR count). The zero-order chi connectivity index (χ0) is 23.5. The van der Waals surface area contributed by atoms with Crippen LogP contribution in [-0.2, 0) is 11.8 Å². The molecule has 2 fully saturated rings. The first-order valence-corrected chi connectivity index (χ1v) is 12.6. The molecule has 34 heavy (non-hydrogen) atoms. The minimum Gasteiger partial charge on any atom is -0.343 e. The lowest BCUT2D eigenvalue weighted by Crippen LogP contribution is -2.39. The Hall–Kier alpha value is -3.15. The van der Waals surface area contributed by atoms with E-state index in [2.05, 4.69) is 29.4 Å². The zero-order valence-electron chi connectivity index (χ0n) is 20.0. The third kappa shape index (κ3) is 4.59. The van der Waals surface area contributed by atoms with E-state index in [1.165, 1.54) is 28.7 Å². The van der Waals surface area contributed by atoms with E-state index in [1.54, 1.807) is 7.05 Å². The third-order valence-corrected chi connectivity index (χ3v) is 7.67. The summed E-state index contributed by atoms with van der Waals surface area (Å²) in [4.78, 5) is 28.2. The smallest absolute Gasteiger partial charge is 0.343 e. The SMILES string of the molecule is Cn1nc(C2CCN(C(=O)CC(c3ccccc3)c3ccccc3)CC2)n(C2CCCC2)c1=O. The number of hydrogen-bond acceptors (Lipinski definition) is 3. The molecule has 178 valence electrons. The first kappa shape index (κ1) is 22.6. The number of nitrogens with zero attached hydrogens (tertiary/aromatic N) is 4. The van der Waals surface area contributed by atoms with Gasteiger partial charge >= 0.3 is 5.69 Å². The van der Waals surface area contributed by atoms with Crippen molar-refractivity contribution in [1.82, 2.24) is 19.2 Å². The van der Waals surface area contributed by atoms with E-state index in [4.69, 9.17) is 0 Å². The molecule has 0 atom stereocenters. The lowest BCUT2D eigenvalue weighted by molar-refractivity contribution is -0.132. The first-order chi connectivity index (χ1) is 16.6. The molecule has 6 nitrogen and oxygen atoms in total. The van der Waals surface area contributed by atoms with Gasteiger partial charge in [0.05, 0.1) is 0 Å². The van der Waals surface area contributed by atoms with Crippen LogP contribution in [0.2, 0.25) is 0 Å². The van der Waals surface area contributed by atoms with Crippen molar-refractivity contribution in [3.8, 4) is 0 Å². The summed E-state index contributed by atoms with van der Waals surface area (Å²) in [5.41, 5.74) is 2.35. The van der Waals surface area contributed by atoms with Crippen molar-refractivity contribution in [1.29, 1.82) is 0 Å². The molecule has 0 radical (unpaired) electrons. The highest BCUT2D eigenvalue weighted by Gasteiger charge is 2.32. The van der Waals surface area contributed by atoms with E-state index in [-0.39, 0.29) is 29.5 Å². The molecule has 1 aliphatic heterocycles. The Morgan fingerprint density at radius 1 is 0.912 bits per heavy atom. The summed E-state index contributed by atoms with van der Waals surface area (Å²) in [6.07, 6.45) is 6.68. The predicted octanol–water partition coefficient (Wildman–Crippen LogP) is 4.63. The average Bonchev–Trinajstić information content (AvgIpc) is 3.51. The standard InChI is InChI=1S/C28H34N4O2/c1-30-28(34)32(24-14-8-9-15-24)27(29-30)23-16-18-31(19-17-23)26(33)20-25(21-10-4-2-5-11-21)22-12-6-3-7-13-22/h2-7,10-13,23-25H,8-9,14-20H2,1H3. The second-order valence-corrected chi connectivity index (χ2v) is 9.81. The fourth-order valence-electron chi connectivity index (χ4n) is 5.77. The van der Waals surface area contributed by atoms with Crippen molar-refractivity contribution in [2.45, 2.75) is 62.8 Å². The number of aryl methyl sites for hydroxylation is 1. The van der Waals surface area contributed by atoms with Crippen LogP contribution in [0.4, 0.5) is 0 Å². The van der Waals surface area contributed by atoms with Gasteiger partial charge in [0.2, 0.25) is 5.91 Å². The lowest BCUT2D eigenvalue weighted by Gasteiger charge is -2.33. The van der Waals surface area contributed by atoms with Gasteiger partial charge in [-0.2, -0.15) is 5.10 Å². The van der Waals surface area contributed by atoms with Gasteiger partial charge in [-0.3, -0.25) is 9.36 Å². The van der Waals surface area contributed by atoms with Crippen LogP contribution in [0.1, 0.15) is 79.8 Å². The number of benzene rings is 2. The van der Waals surface area contributed by atoms with E-state index >= 15 is 0 Å². The summed E-state index contributed by atoms with van der Waals surface area (Å²) in [6.45, 7) is 1.43. The molecule has 1 saturated heterocycles. The summed E-state index contributed by atoms with van der Waals surface area (Å²) in [5, 5.41) is 4.64. The van der Waals surface area contributed by atoms with Crippen molar-refractivity contribution in [2.75, 3.05) is 13.1 Å². The van der Waals surface area contributed by atoms with Crippen LogP contribution in [0.25, 0.3) is 0 Å². The van der Waals surface area contributed by atoms with Gasteiger partial charge in [0, 0.05) is 44.4 Å². The molecule has 3 aromatic rings. The quantitative estimate of drug-likeness (QED) is 0.541. The minimum absolute atomic E-state index is 0.00831. The molecule has 0 bridgehead atoms. The highest BCUT2D eigenvalue weighted by molar-refractivity contribution is 5.78. The van der Waals surface area contributed by atoms with Gasteiger partial charge in [-0.05, 0) is 36.8 Å². The molecule has 0 spiro atoms. The molecular weight excluding hydrogens is 424 g/mol. The largest absolute Gasteiger partial charge is 0.345 e. The Bertz CT molecular complexity index is 1110. The van der Waals surface area contributed by atoms with Gasteiger partial charge < -0.3 is 4.90 Å². The highest BCUT2D eigenvalue weighted by atomic mass is 16.2. The van der Waals surface area contributed by atoms with Crippen LogP contribution < -0.4 is 5.69 Å². The van der Waals surface area contributed by atoms with Gasteiger partial charge in [0.15, 0.2) is 0 Å². The van der Waals surface area contributed by atoms with Crippen LogP contribution in [0, 0.1) is 0 Å². The monoisotopic (exact) mass is 458 g/mol. The lowest BCUT2D eigenvalue weighted by atomic mass is 9.87. The molecule has 1 amide bonds. The Morgan fingerprint density at radius 3 is 2.03 bits per heavy atom. The molecule has 2 aromatic carbocycles. The van der Waals surface area contributed by atoms with E-state index in [9.17, 15) is 9.59 Å². The van der Waals surface area contributed by atoms with Crippen molar-refractivity contribution < 1.29 is 4.79 Å². The maximum atomic E-state index is 13.4. The van der Waals surface area contributed by atoms with Gasteiger partial charge in [-0.25, -0.2) is 9.48 Å². The number of carbonyl (C=O) groups is 1. The van der Waals surface area contributed by atoms with Gasteiger partial charge in [-0.1, -0.05) is 73.5 Å². The predicted molar refractivity (Wildman–Crippen MR) is 133 cm³/mol. The molecule has 0 unspecified atom stereocenters. The Labute approximate surface area is 201 Å². The molecule has 1 aliphatic carbocycles. The molecule has 1 aromatic heterocycles. The van der Waals surface area contributed by atoms with Crippen LogP contribution in [0.5, 0.6) is 0 Å². The van der Waals surface area contributed by atoms with E-state index in [1.807, 2.05) is 45.9 Å². The first-order valence-electron chi connectivity index (χ1n) is 12.6. The van der Waals surface area contributed by atoms with Crippen molar-refractivity contribution >= 4 is 5.91 Å². The topological polar surface area (TPSA) is 60.1 Å². The molecule has 0 N–H and O–H groups in total. The molecule has 2 aliphatic rings. The van der Waals surface area contributed by atoms with Gasteiger partial charge in [0.1, 0.15) is 5.82 Å². The molecule has 2 heterocycles. The van der Waals surface area contributed by atoms with Gasteiger partial charge in [0.25, 0.3) is 0 Å². The van der Waals surface area contributed by atoms with Crippen molar-refractivity contribution in [2.24, 2.45) is 7.05 Å².